The molecule has 0 aliphatic rings. The summed E-state index contributed by atoms with van der Waals surface area (Å²) in [7, 11) is -0.540. The third kappa shape index (κ3) is 1.84. The number of H-pyrrole nitrogens is 1. The predicted molar refractivity (Wildman–Crippen MR) is 49.0 cm³/mol. The Balaban J connectivity index is 3.22. The van der Waals surface area contributed by atoms with Crippen LogP contribution in [0.3, 0.4) is 0 Å². The zero-order chi connectivity index (χ0) is 10.1. The Morgan fingerprint density at radius 1 is 1.62 bits per heavy atom. The van der Waals surface area contributed by atoms with Crippen LogP contribution in [0.2, 0.25) is 0 Å². The van der Waals surface area contributed by atoms with Crippen molar-refractivity contribution in [2.24, 2.45) is 0 Å². The van der Waals surface area contributed by atoms with E-state index in [4.69, 9.17) is 11.6 Å². The van der Waals surface area contributed by atoms with Crippen molar-refractivity contribution in [3.63, 3.8) is 0 Å². The van der Waals surface area contributed by atoms with E-state index in [0.717, 1.165) is 4.31 Å². The first-order valence-corrected chi connectivity index (χ1v) is 5.48. The molecule has 1 aromatic heterocycles. The highest BCUT2D eigenvalue weighted by Crippen LogP contribution is 2.16. The molecule has 0 saturated carbocycles. The summed E-state index contributed by atoms with van der Waals surface area (Å²) in [5.41, 5.74) is 0.482. The van der Waals surface area contributed by atoms with Gasteiger partial charge in [0.2, 0.25) is 0 Å². The average molecular weight is 224 g/mol. The Morgan fingerprint density at radius 2 is 2.23 bits per heavy atom. The molecule has 0 amide bonds. The Kier molecular flexibility index (Phi) is 2.94. The van der Waals surface area contributed by atoms with Gasteiger partial charge in [-0.1, -0.05) is 0 Å². The van der Waals surface area contributed by atoms with Gasteiger partial charge < -0.3 is 0 Å². The molecule has 5 nitrogen and oxygen atoms in total. The van der Waals surface area contributed by atoms with E-state index in [1.165, 1.54) is 20.3 Å². The van der Waals surface area contributed by atoms with Crippen molar-refractivity contribution in [2.75, 3.05) is 14.1 Å². The monoisotopic (exact) mass is 223 g/mol. The summed E-state index contributed by atoms with van der Waals surface area (Å²) in [4.78, 5) is 0. The van der Waals surface area contributed by atoms with E-state index >= 15 is 0 Å². The Bertz CT molecular complexity index is 384. The molecule has 74 valence electrons. The Hall–Kier alpha value is -0.590. The summed E-state index contributed by atoms with van der Waals surface area (Å²) >= 11 is 5.54. The van der Waals surface area contributed by atoms with Crippen LogP contribution in [0, 0.1) is 0 Å². The first-order valence-electron chi connectivity index (χ1n) is 3.51. The van der Waals surface area contributed by atoms with Crippen molar-refractivity contribution in [1.82, 2.24) is 14.5 Å². The average Bonchev–Trinajstić information content (AvgIpc) is 2.51. The van der Waals surface area contributed by atoms with Crippen molar-refractivity contribution in [3.05, 3.63) is 11.8 Å². The number of alkyl halides is 1. The largest absolute Gasteiger partial charge is 0.266 e. The van der Waals surface area contributed by atoms with Gasteiger partial charge in [0, 0.05) is 19.7 Å². The molecule has 0 unspecified atom stereocenters. The maximum Gasteiger partial charge on any atom is 0.259 e. The van der Waals surface area contributed by atoms with E-state index in [9.17, 15) is 8.42 Å². The van der Waals surface area contributed by atoms with Gasteiger partial charge in [-0.2, -0.15) is 5.10 Å². The lowest BCUT2D eigenvalue weighted by Crippen LogP contribution is -2.23. The fraction of sp³-hybridized carbons (Fsp3) is 0.500. The van der Waals surface area contributed by atoms with Gasteiger partial charge in [0.15, 0.2) is 5.03 Å². The molecule has 1 rings (SSSR count). The Morgan fingerprint density at radius 3 is 2.69 bits per heavy atom. The first kappa shape index (κ1) is 10.5. The molecule has 1 heterocycles. The molecular formula is C6H10ClN3O2S. The molecule has 0 atom stereocenters. The van der Waals surface area contributed by atoms with E-state index < -0.39 is 10.0 Å². The molecule has 13 heavy (non-hydrogen) atoms. The number of aromatic nitrogens is 2. The van der Waals surface area contributed by atoms with E-state index in [1.54, 1.807) is 0 Å². The number of nitrogens with one attached hydrogen (secondary N) is 1. The number of aromatic amines is 1. The molecule has 0 fully saturated rings. The lowest BCUT2D eigenvalue weighted by atomic mass is 10.4. The van der Waals surface area contributed by atoms with Crippen molar-refractivity contribution >= 4 is 21.6 Å². The van der Waals surface area contributed by atoms with Crippen LogP contribution in [-0.2, 0) is 15.9 Å². The zero-order valence-electron chi connectivity index (χ0n) is 7.28. The van der Waals surface area contributed by atoms with Crippen LogP contribution >= 0.6 is 11.6 Å². The second kappa shape index (κ2) is 3.65. The highest BCUT2D eigenvalue weighted by atomic mass is 35.5. The van der Waals surface area contributed by atoms with Crippen LogP contribution in [0.15, 0.2) is 11.2 Å². The van der Waals surface area contributed by atoms with Gasteiger partial charge in [0.1, 0.15) is 0 Å². The van der Waals surface area contributed by atoms with Crippen LogP contribution in [0.5, 0.6) is 0 Å². The van der Waals surface area contributed by atoms with Crippen LogP contribution in [0.4, 0.5) is 0 Å². The second-order valence-electron chi connectivity index (χ2n) is 2.65. The van der Waals surface area contributed by atoms with Gasteiger partial charge in [0.05, 0.1) is 12.1 Å². The van der Waals surface area contributed by atoms with Gasteiger partial charge in [-0.25, -0.2) is 12.7 Å². The third-order valence-electron chi connectivity index (χ3n) is 1.56. The van der Waals surface area contributed by atoms with Crippen LogP contribution in [-0.4, -0.2) is 37.0 Å². The number of halogens is 1. The minimum atomic E-state index is -3.45. The maximum atomic E-state index is 11.6. The van der Waals surface area contributed by atoms with E-state index in [2.05, 4.69) is 10.2 Å². The number of sulfonamides is 1. The fourth-order valence-corrected chi connectivity index (χ4v) is 2.07. The number of hydrogen-bond acceptors (Lipinski definition) is 3. The second-order valence-corrected chi connectivity index (χ2v) is 5.00. The molecule has 0 aliphatic carbocycles. The molecule has 0 aliphatic heterocycles. The van der Waals surface area contributed by atoms with Crippen molar-refractivity contribution in [2.45, 2.75) is 10.9 Å². The summed E-state index contributed by atoms with van der Waals surface area (Å²) in [5.74, 6) is 0.124. The lowest BCUT2D eigenvalue weighted by molar-refractivity contribution is 0.516. The molecule has 0 spiro atoms. The first-order chi connectivity index (χ1) is 6.00. The standard InChI is InChI=1S/C6H10ClN3O2S/c1-10(2)13(11,12)6-5(3-7)4-8-9-6/h4H,3H2,1-2H3,(H,8,9). The summed E-state index contributed by atoms with van der Waals surface area (Å²) in [6.07, 6.45) is 1.41. The fourth-order valence-electron chi connectivity index (χ4n) is 0.800. The SMILES string of the molecule is CN(C)S(=O)(=O)c1[nH]ncc1CCl. The van der Waals surface area contributed by atoms with Gasteiger partial charge in [-0.3, -0.25) is 5.10 Å². The molecule has 7 heteroatoms. The Labute approximate surface area is 81.7 Å². The quantitative estimate of drug-likeness (QED) is 0.755. The van der Waals surface area contributed by atoms with E-state index in [-0.39, 0.29) is 10.9 Å². The lowest BCUT2D eigenvalue weighted by Gasteiger charge is -2.09. The molecule has 0 bridgehead atoms. The predicted octanol–water partition coefficient (Wildman–Crippen LogP) is 0.399. The molecule has 1 aromatic rings. The van der Waals surface area contributed by atoms with Crippen molar-refractivity contribution in [3.8, 4) is 0 Å². The van der Waals surface area contributed by atoms with Crippen LogP contribution < -0.4 is 0 Å². The van der Waals surface area contributed by atoms with Gasteiger partial charge in [-0.15, -0.1) is 11.6 Å². The van der Waals surface area contributed by atoms with E-state index in [0.29, 0.717) is 5.56 Å². The molecule has 1 N–H and O–H groups in total. The number of nitrogens with zero attached hydrogens (tertiary/aromatic N) is 2. The maximum absolute atomic E-state index is 11.6. The van der Waals surface area contributed by atoms with Crippen LogP contribution in [0.1, 0.15) is 5.56 Å². The smallest absolute Gasteiger partial charge is 0.259 e. The highest BCUT2D eigenvalue weighted by Gasteiger charge is 2.22. The highest BCUT2D eigenvalue weighted by molar-refractivity contribution is 7.89. The molecule has 0 saturated heterocycles. The van der Waals surface area contributed by atoms with Crippen molar-refractivity contribution in [1.29, 1.82) is 0 Å². The summed E-state index contributed by atoms with van der Waals surface area (Å²) < 4.78 is 24.2. The summed E-state index contributed by atoms with van der Waals surface area (Å²) in [5, 5.41) is 6.10. The van der Waals surface area contributed by atoms with Gasteiger partial charge in [-0.05, 0) is 0 Å². The number of hydrogen-bond donors (Lipinski definition) is 1. The van der Waals surface area contributed by atoms with Gasteiger partial charge >= 0.3 is 0 Å². The molecule has 0 radical (unpaired) electrons. The van der Waals surface area contributed by atoms with Crippen molar-refractivity contribution < 1.29 is 8.42 Å². The molecular weight excluding hydrogens is 214 g/mol. The summed E-state index contributed by atoms with van der Waals surface area (Å²) in [6, 6.07) is 0. The van der Waals surface area contributed by atoms with Gasteiger partial charge in [0.25, 0.3) is 10.0 Å². The topological polar surface area (TPSA) is 66.1 Å². The number of rotatable bonds is 3. The van der Waals surface area contributed by atoms with E-state index in [1.807, 2.05) is 0 Å². The minimum absolute atomic E-state index is 0.0625. The normalized spacial score (nSPS) is 12.3. The minimum Gasteiger partial charge on any atom is -0.266 e. The van der Waals surface area contributed by atoms with Crippen LogP contribution in [0.25, 0.3) is 0 Å². The molecule has 0 aromatic carbocycles. The zero-order valence-corrected chi connectivity index (χ0v) is 8.85. The summed E-state index contributed by atoms with van der Waals surface area (Å²) in [6.45, 7) is 0. The third-order valence-corrected chi connectivity index (χ3v) is 3.68.